The number of carboxylic acids is 1. The van der Waals surface area contributed by atoms with Crippen molar-refractivity contribution in [2.75, 3.05) is 19.6 Å². The van der Waals surface area contributed by atoms with E-state index in [1.807, 2.05) is 30.3 Å². The number of alkyl halides is 3. The van der Waals surface area contributed by atoms with Crippen LogP contribution in [0, 0.1) is 17.8 Å². The summed E-state index contributed by atoms with van der Waals surface area (Å²) in [7, 11) is 0. The van der Waals surface area contributed by atoms with Gasteiger partial charge in [-0.05, 0) is 24.3 Å². The van der Waals surface area contributed by atoms with Crippen molar-refractivity contribution in [3.63, 3.8) is 0 Å². The van der Waals surface area contributed by atoms with Crippen LogP contribution < -0.4 is 5.32 Å². The van der Waals surface area contributed by atoms with Gasteiger partial charge in [-0.3, -0.25) is 14.5 Å². The molecule has 3 atom stereocenters. The first-order chi connectivity index (χ1) is 12.3. The van der Waals surface area contributed by atoms with E-state index in [4.69, 9.17) is 5.11 Å². The second kappa shape index (κ2) is 8.48. The van der Waals surface area contributed by atoms with Crippen LogP contribution in [0.25, 0.3) is 0 Å². The Bertz CT molecular complexity index is 668. The lowest BCUT2D eigenvalue weighted by Crippen LogP contribution is -2.39. The van der Waals surface area contributed by atoms with Gasteiger partial charge in [-0.2, -0.15) is 13.2 Å². The molecule has 1 heterocycles. The van der Waals surface area contributed by atoms with Crippen molar-refractivity contribution in [2.45, 2.75) is 25.1 Å². The summed E-state index contributed by atoms with van der Waals surface area (Å²) >= 11 is 0. The summed E-state index contributed by atoms with van der Waals surface area (Å²) in [6.45, 7) is -0.966. The molecule has 0 spiro atoms. The second-order valence-electron chi connectivity index (χ2n) is 7.08. The van der Waals surface area contributed by atoms with Gasteiger partial charge in [-0.1, -0.05) is 30.3 Å². The van der Waals surface area contributed by atoms with Crippen LogP contribution in [0.5, 0.6) is 0 Å². The Morgan fingerprint density at radius 2 is 1.81 bits per heavy atom. The van der Waals surface area contributed by atoms with E-state index < -0.39 is 30.5 Å². The summed E-state index contributed by atoms with van der Waals surface area (Å²) in [6.07, 6.45) is -2.59. The van der Waals surface area contributed by atoms with Gasteiger partial charge in [0.15, 0.2) is 0 Å². The van der Waals surface area contributed by atoms with E-state index in [0.29, 0.717) is 5.92 Å². The molecule has 1 aliphatic heterocycles. The van der Waals surface area contributed by atoms with E-state index in [0.717, 1.165) is 18.4 Å². The van der Waals surface area contributed by atoms with Crippen LogP contribution in [0.4, 0.5) is 13.2 Å². The van der Waals surface area contributed by atoms with Crippen molar-refractivity contribution < 1.29 is 27.9 Å². The molecule has 27 heavy (non-hydrogen) atoms. The molecular weight excluding hydrogens is 385 g/mol. The summed E-state index contributed by atoms with van der Waals surface area (Å²) in [5.74, 6) is -4.99. The molecule has 1 aliphatic carbocycles. The quantitative estimate of drug-likeness (QED) is 0.762. The van der Waals surface area contributed by atoms with E-state index in [9.17, 15) is 22.8 Å². The Kier molecular flexibility index (Phi) is 6.75. The number of nitrogens with zero attached hydrogens (tertiary/aromatic N) is 1. The molecule has 150 valence electrons. The number of hydrogen-bond acceptors (Lipinski definition) is 3. The van der Waals surface area contributed by atoms with Crippen LogP contribution in [0.1, 0.15) is 24.4 Å². The van der Waals surface area contributed by atoms with Crippen molar-refractivity contribution in [1.29, 1.82) is 0 Å². The number of nitrogens with one attached hydrogen (secondary N) is 1. The largest absolute Gasteiger partial charge is 0.481 e. The minimum absolute atomic E-state index is 0. The third-order valence-corrected chi connectivity index (χ3v) is 5.07. The smallest absolute Gasteiger partial charge is 0.393 e. The van der Waals surface area contributed by atoms with Crippen molar-refractivity contribution in [2.24, 2.45) is 17.8 Å². The monoisotopic (exact) mass is 406 g/mol. The molecule has 1 saturated carbocycles. The maximum atomic E-state index is 13.0. The van der Waals surface area contributed by atoms with E-state index in [1.165, 1.54) is 4.90 Å². The fourth-order valence-electron chi connectivity index (χ4n) is 3.58. The van der Waals surface area contributed by atoms with Gasteiger partial charge in [0, 0.05) is 13.1 Å². The lowest BCUT2D eigenvalue weighted by molar-refractivity contribution is -0.188. The highest BCUT2D eigenvalue weighted by molar-refractivity contribution is 5.85. The van der Waals surface area contributed by atoms with Crippen LogP contribution in [-0.4, -0.2) is 47.7 Å². The topological polar surface area (TPSA) is 69.6 Å². The lowest BCUT2D eigenvalue weighted by atomic mass is 9.96. The van der Waals surface area contributed by atoms with Gasteiger partial charge in [0.25, 0.3) is 0 Å². The number of carbonyl (C=O) groups excluding carboxylic acids is 1. The zero-order valence-electron chi connectivity index (χ0n) is 14.5. The predicted octanol–water partition coefficient (Wildman–Crippen LogP) is 2.87. The first kappa shape index (κ1) is 21.5. The van der Waals surface area contributed by atoms with Gasteiger partial charge in [0.1, 0.15) is 0 Å². The van der Waals surface area contributed by atoms with Crippen molar-refractivity contribution in [3.8, 4) is 0 Å². The van der Waals surface area contributed by atoms with Crippen LogP contribution in [0.3, 0.4) is 0 Å². The number of aliphatic carboxylic acids is 1. The summed E-state index contributed by atoms with van der Waals surface area (Å²) in [4.78, 5) is 24.8. The Morgan fingerprint density at radius 1 is 1.19 bits per heavy atom. The third-order valence-electron chi connectivity index (χ3n) is 5.07. The van der Waals surface area contributed by atoms with Gasteiger partial charge < -0.3 is 10.4 Å². The van der Waals surface area contributed by atoms with Gasteiger partial charge >= 0.3 is 12.1 Å². The zero-order chi connectivity index (χ0) is 18.9. The molecule has 2 fully saturated rings. The summed E-state index contributed by atoms with van der Waals surface area (Å²) in [5.41, 5.74) is 0.973. The number of hydrogen-bond donors (Lipinski definition) is 2. The first-order valence-electron chi connectivity index (χ1n) is 8.62. The number of amides is 1. The maximum Gasteiger partial charge on any atom is 0.393 e. The average Bonchev–Trinajstić information content (AvgIpc) is 3.31. The highest BCUT2D eigenvalue weighted by Gasteiger charge is 2.52. The molecule has 1 saturated heterocycles. The van der Waals surface area contributed by atoms with Crippen molar-refractivity contribution in [3.05, 3.63) is 35.9 Å². The van der Waals surface area contributed by atoms with Crippen molar-refractivity contribution in [1.82, 2.24) is 10.2 Å². The molecule has 1 aromatic rings. The first-order valence-corrected chi connectivity index (χ1v) is 8.62. The molecule has 5 nitrogen and oxygen atoms in total. The number of carbonyl (C=O) groups is 2. The molecule has 9 heteroatoms. The molecule has 3 rings (SSSR count). The molecule has 2 N–H and O–H groups in total. The number of carboxylic acid groups (broad SMARTS) is 1. The van der Waals surface area contributed by atoms with Gasteiger partial charge in [0.05, 0.1) is 24.4 Å². The predicted molar refractivity (Wildman–Crippen MR) is 94.4 cm³/mol. The highest BCUT2D eigenvalue weighted by Crippen LogP contribution is 2.41. The standard InChI is InChI=1S/C18H21F3N2O3.ClH/c19-18(20,21)14-9-23(8-13(14)17(25)26)10-15(24)22-16(12-6-7-12)11-4-2-1-3-5-11;/h1-5,12-14,16H,6-10H2,(H,22,24)(H,25,26);1H/t13-,14-,16?;/m1./s1. The highest BCUT2D eigenvalue weighted by atomic mass is 35.5. The number of rotatable bonds is 6. The summed E-state index contributed by atoms with van der Waals surface area (Å²) in [5, 5.41) is 12.0. The summed E-state index contributed by atoms with van der Waals surface area (Å²) in [6, 6.07) is 9.31. The van der Waals surface area contributed by atoms with Crippen LogP contribution in [0.2, 0.25) is 0 Å². The van der Waals surface area contributed by atoms with Gasteiger partial charge in [0.2, 0.25) is 5.91 Å². The lowest BCUT2D eigenvalue weighted by Gasteiger charge is -2.22. The van der Waals surface area contributed by atoms with Crippen LogP contribution in [-0.2, 0) is 9.59 Å². The number of halogens is 4. The molecule has 1 aromatic carbocycles. The van der Waals surface area contributed by atoms with Gasteiger partial charge in [-0.25, -0.2) is 0 Å². The zero-order valence-corrected chi connectivity index (χ0v) is 15.3. The van der Waals surface area contributed by atoms with Crippen LogP contribution in [0.15, 0.2) is 30.3 Å². The maximum absolute atomic E-state index is 13.0. The third kappa shape index (κ3) is 5.35. The van der Waals surface area contributed by atoms with Gasteiger partial charge in [-0.15, -0.1) is 12.4 Å². The molecule has 0 aromatic heterocycles. The Morgan fingerprint density at radius 3 is 2.30 bits per heavy atom. The Balaban J connectivity index is 0.00000261. The van der Waals surface area contributed by atoms with E-state index in [-0.39, 0.29) is 37.4 Å². The number of benzene rings is 1. The Hall–Kier alpha value is -1.80. The molecular formula is C18H22ClF3N2O3. The SMILES string of the molecule is Cl.O=C(CN1C[C@@H](C(F)(F)F)[C@H](C(=O)O)C1)NC(c1ccccc1)C1CC1. The molecule has 0 bridgehead atoms. The van der Waals surface area contributed by atoms with E-state index in [2.05, 4.69) is 5.32 Å². The summed E-state index contributed by atoms with van der Waals surface area (Å²) < 4.78 is 39.1. The Labute approximate surface area is 161 Å². The number of likely N-dealkylation sites (tertiary alicyclic amines) is 1. The second-order valence-corrected chi connectivity index (χ2v) is 7.08. The van der Waals surface area contributed by atoms with E-state index in [1.54, 1.807) is 0 Å². The molecule has 2 aliphatic rings. The minimum atomic E-state index is -4.59. The average molecular weight is 407 g/mol. The molecule has 0 radical (unpaired) electrons. The normalized spacial score (nSPS) is 24.1. The minimum Gasteiger partial charge on any atom is -0.481 e. The van der Waals surface area contributed by atoms with Crippen molar-refractivity contribution >= 4 is 24.3 Å². The van der Waals surface area contributed by atoms with Crippen LogP contribution >= 0.6 is 12.4 Å². The molecule has 1 unspecified atom stereocenters. The molecule has 1 amide bonds. The fraction of sp³-hybridized carbons (Fsp3) is 0.556. The van der Waals surface area contributed by atoms with E-state index >= 15 is 0 Å². The fourth-order valence-corrected chi connectivity index (χ4v) is 3.58.